The monoisotopic (exact) mass is 570 g/mol. The van der Waals surface area contributed by atoms with Gasteiger partial charge in [-0.15, -0.1) is 0 Å². The molecule has 2 aromatic carbocycles. The predicted octanol–water partition coefficient (Wildman–Crippen LogP) is 3.01. The van der Waals surface area contributed by atoms with Crippen LogP contribution in [-0.4, -0.2) is 67.1 Å². The molecule has 2 N–H and O–H groups in total. The van der Waals surface area contributed by atoms with Gasteiger partial charge in [-0.2, -0.15) is 0 Å². The van der Waals surface area contributed by atoms with Crippen LogP contribution in [0.1, 0.15) is 26.3 Å². The Morgan fingerprint density at radius 2 is 1.70 bits per heavy atom. The summed E-state index contributed by atoms with van der Waals surface area (Å²) in [5.74, 6) is -0.905. The van der Waals surface area contributed by atoms with Crippen LogP contribution in [0.3, 0.4) is 0 Å². The Bertz CT molecular complexity index is 1380. The van der Waals surface area contributed by atoms with E-state index in [4.69, 9.17) is 23.7 Å². The van der Waals surface area contributed by atoms with Crippen molar-refractivity contribution in [2.24, 2.45) is 4.99 Å². The highest BCUT2D eigenvalue weighted by Gasteiger charge is 2.47. The van der Waals surface area contributed by atoms with E-state index in [0.29, 0.717) is 17.4 Å². The molecule has 13 heteroatoms. The lowest BCUT2D eigenvalue weighted by atomic mass is 10.0. The van der Waals surface area contributed by atoms with Crippen molar-refractivity contribution in [1.82, 2.24) is 10.3 Å². The Morgan fingerprint density at radius 3 is 2.38 bits per heavy atom. The number of esters is 3. The number of guanidine groups is 1. The highest BCUT2D eigenvalue weighted by molar-refractivity contribution is 7.22. The Hall–Kier alpha value is -4.23. The van der Waals surface area contributed by atoms with Crippen LogP contribution in [0, 0.1) is 0 Å². The summed E-state index contributed by atoms with van der Waals surface area (Å²) in [6.07, 6.45) is -4.29. The molecule has 212 valence electrons. The molecule has 1 aromatic heterocycles. The zero-order valence-corrected chi connectivity index (χ0v) is 23.2. The Kier molecular flexibility index (Phi) is 9.51. The van der Waals surface area contributed by atoms with Crippen LogP contribution in [-0.2, 0) is 39.9 Å². The first-order valence-electron chi connectivity index (χ1n) is 12.4. The summed E-state index contributed by atoms with van der Waals surface area (Å²) in [4.78, 5) is 44.9. The molecule has 0 spiro atoms. The molecule has 1 aliphatic rings. The van der Waals surface area contributed by atoms with Crippen molar-refractivity contribution in [3.05, 3.63) is 54.1 Å². The topological polar surface area (TPSA) is 147 Å². The van der Waals surface area contributed by atoms with Crippen LogP contribution >= 0.6 is 11.3 Å². The lowest BCUT2D eigenvalue weighted by molar-refractivity contribution is -0.227. The minimum absolute atomic E-state index is 0.125. The molecule has 0 aliphatic carbocycles. The van der Waals surface area contributed by atoms with E-state index < -0.39 is 42.4 Å². The third kappa shape index (κ3) is 7.67. The zero-order valence-electron chi connectivity index (χ0n) is 22.4. The molecule has 2 heterocycles. The number of carbonyl (C=O) groups excluding carboxylic acids is 3. The first-order valence-corrected chi connectivity index (χ1v) is 13.2. The number of nitrogens with one attached hydrogen (secondary N) is 2. The van der Waals surface area contributed by atoms with Gasteiger partial charge < -0.3 is 34.3 Å². The molecule has 0 amide bonds. The van der Waals surface area contributed by atoms with E-state index in [-0.39, 0.29) is 12.6 Å². The van der Waals surface area contributed by atoms with E-state index in [1.54, 1.807) is 7.11 Å². The highest BCUT2D eigenvalue weighted by Crippen LogP contribution is 2.29. The zero-order chi connectivity index (χ0) is 28.6. The lowest BCUT2D eigenvalue weighted by Crippen LogP contribution is -2.62. The largest absolute Gasteiger partial charge is 0.497 e. The van der Waals surface area contributed by atoms with Crippen molar-refractivity contribution in [2.45, 2.75) is 51.9 Å². The number of nitrogens with zero attached hydrogens (tertiary/aromatic N) is 2. The number of ether oxygens (including phenoxy) is 5. The average molecular weight is 571 g/mol. The SMILES string of the molecule is COc1ccc2nc(NC(=NCc3ccccc3)N[C@@H]3OC[C@@H](OC(C)=O)[C@H](OC(C)=O)[C@H]3OC(C)=O)sc2c1. The van der Waals surface area contributed by atoms with Gasteiger partial charge in [-0.1, -0.05) is 41.7 Å². The quantitative estimate of drug-likeness (QED) is 0.178. The predicted molar refractivity (Wildman–Crippen MR) is 147 cm³/mol. The van der Waals surface area contributed by atoms with Crippen LogP contribution in [0.2, 0.25) is 0 Å². The number of thiazole rings is 1. The molecule has 1 fully saturated rings. The number of carbonyl (C=O) groups is 3. The molecule has 40 heavy (non-hydrogen) atoms. The molecule has 0 radical (unpaired) electrons. The maximum atomic E-state index is 12.0. The van der Waals surface area contributed by atoms with Gasteiger partial charge in [-0.25, -0.2) is 9.98 Å². The summed E-state index contributed by atoms with van der Waals surface area (Å²) in [6.45, 7) is 3.84. The fourth-order valence-electron chi connectivity index (χ4n) is 4.06. The van der Waals surface area contributed by atoms with Crippen molar-refractivity contribution < 1.29 is 38.1 Å². The van der Waals surface area contributed by atoms with Crippen molar-refractivity contribution in [3.8, 4) is 5.75 Å². The first-order chi connectivity index (χ1) is 19.2. The van der Waals surface area contributed by atoms with Gasteiger partial charge in [0.2, 0.25) is 0 Å². The second-order valence-electron chi connectivity index (χ2n) is 8.82. The summed E-state index contributed by atoms with van der Waals surface area (Å²) in [6, 6.07) is 15.2. The molecular weight excluding hydrogens is 540 g/mol. The standard InChI is InChI=1S/C27H30N4O8S/c1-15(32)37-21-14-36-25(24(39-17(3)34)23(21)38-16(2)33)30-26(28-13-18-8-6-5-7-9-18)31-27-29-20-11-10-19(35-4)12-22(20)40-27/h5-12,21,23-25H,13-14H2,1-4H3,(H2,28,29,30,31)/t21-,23+,24-,25-/m1/s1. The Morgan fingerprint density at radius 1 is 1.00 bits per heavy atom. The summed E-state index contributed by atoms with van der Waals surface area (Å²) >= 11 is 1.39. The molecule has 0 bridgehead atoms. The fourth-order valence-corrected chi connectivity index (χ4v) is 4.95. The van der Waals surface area contributed by atoms with Crippen molar-refractivity contribution in [1.29, 1.82) is 0 Å². The highest BCUT2D eigenvalue weighted by atomic mass is 32.1. The van der Waals surface area contributed by atoms with E-state index in [1.807, 2.05) is 48.5 Å². The summed E-state index contributed by atoms with van der Waals surface area (Å²) < 4.78 is 28.4. The molecule has 3 aromatic rings. The van der Waals surface area contributed by atoms with Crippen molar-refractivity contribution in [2.75, 3.05) is 19.0 Å². The molecule has 4 rings (SSSR count). The third-order valence-corrected chi connectivity index (χ3v) is 6.65. The number of hydrogen-bond donors (Lipinski definition) is 2. The summed E-state index contributed by atoms with van der Waals surface area (Å²) in [5.41, 5.74) is 1.72. The number of anilines is 1. The number of aliphatic imine (C=N–C) groups is 1. The number of methoxy groups -OCH3 is 1. The summed E-state index contributed by atoms with van der Waals surface area (Å²) in [5, 5.41) is 6.85. The average Bonchev–Trinajstić information content (AvgIpc) is 3.31. The van der Waals surface area contributed by atoms with Gasteiger partial charge in [0.15, 0.2) is 35.6 Å². The number of aromatic nitrogens is 1. The minimum Gasteiger partial charge on any atom is -0.497 e. The molecule has 0 saturated carbocycles. The van der Waals surface area contributed by atoms with Crippen LogP contribution < -0.4 is 15.4 Å². The van der Waals surface area contributed by atoms with Crippen LogP contribution in [0.25, 0.3) is 10.2 Å². The lowest BCUT2D eigenvalue weighted by Gasteiger charge is -2.40. The Balaban J connectivity index is 1.63. The maximum absolute atomic E-state index is 12.0. The van der Waals surface area contributed by atoms with Crippen LogP contribution in [0.4, 0.5) is 5.13 Å². The van der Waals surface area contributed by atoms with Gasteiger partial charge in [0, 0.05) is 20.8 Å². The molecule has 1 saturated heterocycles. The van der Waals surface area contributed by atoms with Gasteiger partial charge >= 0.3 is 17.9 Å². The second kappa shape index (κ2) is 13.2. The molecule has 0 unspecified atom stereocenters. The molecule has 4 atom stereocenters. The smallest absolute Gasteiger partial charge is 0.303 e. The van der Waals surface area contributed by atoms with Gasteiger partial charge in [-0.05, 0) is 23.8 Å². The Labute approximate surface area is 234 Å². The number of benzene rings is 2. The van der Waals surface area contributed by atoms with Crippen molar-refractivity contribution in [3.63, 3.8) is 0 Å². The van der Waals surface area contributed by atoms with Crippen molar-refractivity contribution >= 4 is 50.6 Å². The van der Waals surface area contributed by atoms with E-state index in [1.165, 1.54) is 32.1 Å². The molecule has 12 nitrogen and oxygen atoms in total. The first kappa shape index (κ1) is 28.8. The van der Waals surface area contributed by atoms with Gasteiger partial charge in [-0.3, -0.25) is 14.4 Å². The maximum Gasteiger partial charge on any atom is 0.303 e. The fraction of sp³-hybridized carbons (Fsp3) is 0.370. The number of hydrogen-bond acceptors (Lipinski definition) is 11. The van der Waals surface area contributed by atoms with E-state index in [9.17, 15) is 14.4 Å². The van der Waals surface area contributed by atoms with Gasteiger partial charge in [0.1, 0.15) is 5.75 Å². The van der Waals surface area contributed by atoms with Crippen LogP contribution in [0.5, 0.6) is 5.75 Å². The summed E-state index contributed by atoms with van der Waals surface area (Å²) in [7, 11) is 1.60. The molecular formula is C27H30N4O8S. The van der Waals surface area contributed by atoms with Gasteiger partial charge in [0.25, 0.3) is 0 Å². The van der Waals surface area contributed by atoms with Gasteiger partial charge in [0.05, 0.1) is 30.5 Å². The normalized spacial score (nSPS) is 20.9. The van der Waals surface area contributed by atoms with E-state index in [2.05, 4.69) is 20.6 Å². The van der Waals surface area contributed by atoms with E-state index in [0.717, 1.165) is 15.8 Å². The number of rotatable bonds is 8. The van der Waals surface area contributed by atoms with Crippen LogP contribution in [0.15, 0.2) is 53.5 Å². The minimum atomic E-state index is -1.16. The van der Waals surface area contributed by atoms with E-state index >= 15 is 0 Å². The second-order valence-corrected chi connectivity index (χ2v) is 9.85. The number of fused-ring (bicyclic) bond motifs is 1. The third-order valence-electron chi connectivity index (χ3n) is 5.71. The molecule has 1 aliphatic heterocycles.